The van der Waals surface area contributed by atoms with Crippen molar-refractivity contribution < 1.29 is 23.4 Å². The summed E-state index contributed by atoms with van der Waals surface area (Å²) < 4.78 is 31.6. The molecule has 1 aromatic heterocycles. The number of amides is 1. The molecular weight excluding hydrogens is 433 g/mol. The number of rotatable bonds is 6. The Labute approximate surface area is 189 Å². The van der Waals surface area contributed by atoms with Crippen LogP contribution in [0.4, 0.5) is 9.52 Å². The lowest BCUT2D eigenvalue weighted by molar-refractivity contribution is 0.0376. The minimum atomic E-state index is -0.384. The molecule has 0 unspecified atom stereocenters. The second-order valence-electron chi connectivity index (χ2n) is 7.71. The first-order chi connectivity index (χ1) is 15.7. The topological polar surface area (TPSA) is 64.1 Å². The molecule has 2 aliphatic rings. The van der Waals surface area contributed by atoms with Gasteiger partial charge in [-0.3, -0.25) is 14.6 Å². The first-order valence-corrected chi connectivity index (χ1v) is 11.6. The van der Waals surface area contributed by atoms with Crippen molar-refractivity contribution in [2.45, 2.75) is 6.42 Å². The van der Waals surface area contributed by atoms with E-state index >= 15 is 0 Å². The van der Waals surface area contributed by atoms with Crippen LogP contribution in [0.15, 0.2) is 36.4 Å². The maximum atomic E-state index is 14.3. The third-order valence-electron chi connectivity index (χ3n) is 5.58. The molecule has 0 atom stereocenters. The van der Waals surface area contributed by atoms with Crippen molar-refractivity contribution in [1.82, 2.24) is 9.88 Å². The molecule has 7 nitrogen and oxygen atoms in total. The van der Waals surface area contributed by atoms with Gasteiger partial charge in [0.05, 0.1) is 17.9 Å². The molecule has 1 saturated heterocycles. The summed E-state index contributed by atoms with van der Waals surface area (Å²) in [5, 5.41) is 0.493. The van der Waals surface area contributed by atoms with Crippen molar-refractivity contribution in [2.75, 3.05) is 57.5 Å². The quantitative estimate of drug-likeness (QED) is 0.564. The van der Waals surface area contributed by atoms with Gasteiger partial charge in [-0.05, 0) is 36.8 Å². The van der Waals surface area contributed by atoms with Crippen molar-refractivity contribution in [2.24, 2.45) is 0 Å². The summed E-state index contributed by atoms with van der Waals surface area (Å²) >= 11 is 1.32. The van der Waals surface area contributed by atoms with Crippen LogP contribution in [0.2, 0.25) is 0 Å². The lowest BCUT2D eigenvalue weighted by Crippen LogP contribution is -2.39. The number of para-hydroxylation sites is 1. The molecule has 0 aliphatic carbocycles. The Balaban J connectivity index is 1.41. The molecule has 168 valence electrons. The van der Waals surface area contributed by atoms with Gasteiger partial charge in [0.25, 0.3) is 5.91 Å². The summed E-state index contributed by atoms with van der Waals surface area (Å²) in [4.78, 5) is 22.0. The molecule has 0 spiro atoms. The fourth-order valence-corrected chi connectivity index (χ4v) is 4.92. The number of fused-ring (bicyclic) bond motifs is 2. The highest BCUT2D eigenvalue weighted by Crippen LogP contribution is 2.34. The first-order valence-electron chi connectivity index (χ1n) is 10.8. The maximum Gasteiger partial charge on any atom is 0.260 e. The molecule has 3 heterocycles. The van der Waals surface area contributed by atoms with Crippen LogP contribution in [0.5, 0.6) is 11.5 Å². The highest BCUT2D eigenvalue weighted by atomic mass is 32.1. The number of morpholine rings is 1. The Bertz CT molecular complexity index is 1120. The first kappa shape index (κ1) is 21.1. The van der Waals surface area contributed by atoms with Gasteiger partial charge in [0.2, 0.25) is 0 Å². The Morgan fingerprint density at radius 2 is 1.91 bits per heavy atom. The zero-order valence-corrected chi connectivity index (χ0v) is 18.4. The molecule has 2 aliphatic heterocycles. The van der Waals surface area contributed by atoms with Gasteiger partial charge in [0.1, 0.15) is 24.5 Å². The predicted octanol–water partition coefficient (Wildman–Crippen LogP) is 3.58. The predicted molar refractivity (Wildman–Crippen MR) is 121 cm³/mol. The molecule has 0 radical (unpaired) electrons. The van der Waals surface area contributed by atoms with Crippen LogP contribution in [-0.4, -0.2) is 68.4 Å². The lowest BCUT2D eigenvalue weighted by atomic mass is 10.1. The minimum Gasteiger partial charge on any atom is -0.486 e. The molecule has 0 saturated carbocycles. The fraction of sp³-hybridized carbons (Fsp3) is 0.391. The zero-order chi connectivity index (χ0) is 21.9. The van der Waals surface area contributed by atoms with E-state index in [1.54, 1.807) is 29.2 Å². The molecule has 1 fully saturated rings. The van der Waals surface area contributed by atoms with E-state index in [-0.39, 0.29) is 11.7 Å². The fourth-order valence-electron chi connectivity index (χ4n) is 3.91. The van der Waals surface area contributed by atoms with Crippen LogP contribution >= 0.6 is 11.3 Å². The van der Waals surface area contributed by atoms with Crippen molar-refractivity contribution >= 4 is 32.6 Å². The second kappa shape index (κ2) is 9.40. The highest BCUT2D eigenvalue weighted by Gasteiger charge is 2.24. The molecule has 3 aromatic rings. The average molecular weight is 458 g/mol. The number of carbonyl (C=O) groups excluding carboxylic acids is 1. The zero-order valence-electron chi connectivity index (χ0n) is 17.6. The van der Waals surface area contributed by atoms with Gasteiger partial charge < -0.3 is 14.2 Å². The molecular formula is C23H24FN3O4S. The molecule has 5 rings (SSSR count). The Kier molecular flexibility index (Phi) is 6.20. The van der Waals surface area contributed by atoms with Gasteiger partial charge in [-0.2, -0.15) is 0 Å². The van der Waals surface area contributed by atoms with Crippen LogP contribution in [-0.2, 0) is 4.74 Å². The van der Waals surface area contributed by atoms with Gasteiger partial charge in [-0.1, -0.05) is 17.4 Å². The lowest BCUT2D eigenvalue weighted by Gasteiger charge is -2.28. The molecule has 1 amide bonds. The van der Waals surface area contributed by atoms with Crippen molar-refractivity contribution in [3.63, 3.8) is 0 Å². The second-order valence-corrected chi connectivity index (χ2v) is 8.71. The Hall–Kier alpha value is -2.75. The summed E-state index contributed by atoms with van der Waals surface area (Å²) in [5.41, 5.74) is 0.779. The molecule has 2 aromatic carbocycles. The molecule has 0 bridgehead atoms. The van der Waals surface area contributed by atoms with Gasteiger partial charge in [-0.25, -0.2) is 9.37 Å². The largest absolute Gasteiger partial charge is 0.486 e. The number of halogens is 1. The normalized spacial score (nSPS) is 16.3. The van der Waals surface area contributed by atoms with E-state index in [2.05, 4.69) is 9.88 Å². The van der Waals surface area contributed by atoms with Crippen molar-refractivity contribution in [1.29, 1.82) is 0 Å². The number of nitrogens with zero attached hydrogens (tertiary/aromatic N) is 3. The summed E-state index contributed by atoms with van der Waals surface area (Å²) in [7, 11) is 0. The number of hydrogen-bond donors (Lipinski definition) is 0. The van der Waals surface area contributed by atoms with E-state index in [0.717, 1.165) is 39.3 Å². The standard InChI is InChI=1S/C23H24FN3O4S/c24-17-3-1-4-20-21(17)25-23(32-20)27(8-2-7-26-9-11-29-12-10-26)22(28)16-5-6-18-19(15-16)31-14-13-30-18/h1,3-6,15H,2,7-14H2. The van der Waals surface area contributed by atoms with Crippen LogP contribution in [0, 0.1) is 5.82 Å². The van der Waals surface area contributed by atoms with E-state index in [1.165, 1.54) is 17.4 Å². The van der Waals surface area contributed by atoms with Crippen LogP contribution in [0.3, 0.4) is 0 Å². The molecule has 32 heavy (non-hydrogen) atoms. The SMILES string of the molecule is O=C(c1ccc2c(c1)OCCO2)N(CCCN1CCOCC1)c1nc2c(F)cccc2s1. The maximum absolute atomic E-state index is 14.3. The monoisotopic (exact) mass is 457 g/mol. The summed E-state index contributed by atoms with van der Waals surface area (Å²) in [5.74, 6) is 0.618. The van der Waals surface area contributed by atoms with Gasteiger partial charge in [0.15, 0.2) is 16.6 Å². The van der Waals surface area contributed by atoms with Crippen LogP contribution in [0.1, 0.15) is 16.8 Å². The van der Waals surface area contributed by atoms with E-state index in [9.17, 15) is 9.18 Å². The smallest absolute Gasteiger partial charge is 0.260 e. The number of anilines is 1. The van der Waals surface area contributed by atoms with Gasteiger partial charge >= 0.3 is 0 Å². The average Bonchev–Trinajstić information content (AvgIpc) is 3.27. The third kappa shape index (κ3) is 4.41. The Morgan fingerprint density at radius 3 is 2.72 bits per heavy atom. The van der Waals surface area contributed by atoms with Crippen molar-refractivity contribution in [3.8, 4) is 11.5 Å². The van der Waals surface area contributed by atoms with Gasteiger partial charge in [0, 0.05) is 31.7 Å². The number of thiazole rings is 1. The van der Waals surface area contributed by atoms with E-state index in [4.69, 9.17) is 14.2 Å². The molecule has 9 heteroatoms. The molecule has 0 N–H and O–H groups in total. The van der Waals surface area contributed by atoms with Crippen molar-refractivity contribution in [3.05, 3.63) is 47.8 Å². The van der Waals surface area contributed by atoms with Gasteiger partial charge in [-0.15, -0.1) is 0 Å². The third-order valence-corrected chi connectivity index (χ3v) is 6.63. The number of ether oxygens (including phenoxy) is 3. The number of benzene rings is 2. The van der Waals surface area contributed by atoms with E-state index in [0.29, 0.717) is 52.2 Å². The summed E-state index contributed by atoms with van der Waals surface area (Å²) in [6.45, 7) is 5.52. The summed E-state index contributed by atoms with van der Waals surface area (Å²) in [6.07, 6.45) is 0.773. The number of hydrogen-bond acceptors (Lipinski definition) is 7. The Morgan fingerprint density at radius 1 is 1.09 bits per heavy atom. The van der Waals surface area contributed by atoms with Crippen LogP contribution in [0.25, 0.3) is 10.2 Å². The van der Waals surface area contributed by atoms with E-state index < -0.39 is 0 Å². The minimum absolute atomic E-state index is 0.191. The number of aromatic nitrogens is 1. The highest BCUT2D eigenvalue weighted by molar-refractivity contribution is 7.22. The summed E-state index contributed by atoms with van der Waals surface area (Å²) in [6, 6.07) is 10.1. The van der Waals surface area contributed by atoms with E-state index in [1.807, 2.05) is 6.07 Å². The van der Waals surface area contributed by atoms with Crippen LogP contribution < -0.4 is 14.4 Å². The number of carbonyl (C=O) groups is 1.